The smallest absolute Gasteiger partial charge is 0.337 e. The molecule has 1 heterocycles. The summed E-state index contributed by atoms with van der Waals surface area (Å²) >= 11 is 3.42. The standard InChI is InChI=1S/C15H12BrN3O2/c1-21-14(20)9-2-5-11(6-3-9)17-15-18-12-7-4-10(16)8-13(12)19-15/h2-8H,1H3,(H2,17,18,19). The van der Waals surface area contributed by atoms with Gasteiger partial charge in [0.05, 0.1) is 23.7 Å². The van der Waals surface area contributed by atoms with Crippen molar-refractivity contribution in [2.45, 2.75) is 0 Å². The van der Waals surface area contributed by atoms with Crippen LogP contribution in [0.15, 0.2) is 46.9 Å². The number of nitrogens with zero attached hydrogens (tertiary/aromatic N) is 1. The highest BCUT2D eigenvalue weighted by molar-refractivity contribution is 9.10. The van der Waals surface area contributed by atoms with E-state index in [1.54, 1.807) is 24.3 Å². The maximum atomic E-state index is 11.4. The molecule has 0 atom stereocenters. The molecule has 0 saturated heterocycles. The number of halogens is 1. The van der Waals surface area contributed by atoms with Crippen molar-refractivity contribution in [1.82, 2.24) is 9.97 Å². The van der Waals surface area contributed by atoms with Crippen LogP contribution in [0.3, 0.4) is 0 Å². The average Bonchev–Trinajstić information content (AvgIpc) is 2.88. The minimum absolute atomic E-state index is 0.352. The molecule has 0 radical (unpaired) electrons. The van der Waals surface area contributed by atoms with Crippen LogP contribution in [0, 0.1) is 0 Å². The van der Waals surface area contributed by atoms with E-state index in [-0.39, 0.29) is 5.97 Å². The number of aromatic amines is 1. The molecule has 3 rings (SSSR count). The number of hydrogen-bond donors (Lipinski definition) is 2. The van der Waals surface area contributed by atoms with Crippen molar-refractivity contribution in [2.75, 3.05) is 12.4 Å². The summed E-state index contributed by atoms with van der Waals surface area (Å²) < 4.78 is 5.66. The van der Waals surface area contributed by atoms with Crippen molar-refractivity contribution in [3.05, 3.63) is 52.5 Å². The van der Waals surface area contributed by atoms with Crippen LogP contribution in [0.2, 0.25) is 0 Å². The lowest BCUT2D eigenvalue weighted by molar-refractivity contribution is 0.0601. The van der Waals surface area contributed by atoms with Gasteiger partial charge in [0.1, 0.15) is 0 Å². The molecule has 3 aromatic rings. The van der Waals surface area contributed by atoms with Crippen LogP contribution in [0.5, 0.6) is 0 Å². The Morgan fingerprint density at radius 2 is 2.00 bits per heavy atom. The first-order chi connectivity index (χ1) is 10.2. The number of methoxy groups -OCH3 is 1. The second-order valence-electron chi connectivity index (χ2n) is 4.44. The summed E-state index contributed by atoms with van der Waals surface area (Å²) in [6.45, 7) is 0. The molecule has 21 heavy (non-hydrogen) atoms. The molecule has 0 aliphatic rings. The molecule has 0 unspecified atom stereocenters. The summed E-state index contributed by atoms with van der Waals surface area (Å²) in [5, 5.41) is 3.16. The zero-order valence-electron chi connectivity index (χ0n) is 11.2. The first kappa shape index (κ1) is 13.6. The summed E-state index contributed by atoms with van der Waals surface area (Å²) in [4.78, 5) is 19.0. The van der Waals surface area contributed by atoms with E-state index in [0.29, 0.717) is 11.5 Å². The third-order valence-corrected chi connectivity index (χ3v) is 3.51. The molecular weight excluding hydrogens is 334 g/mol. The van der Waals surface area contributed by atoms with E-state index in [1.807, 2.05) is 18.2 Å². The molecule has 2 aromatic carbocycles. The number of hydrogen-bond acceptors (Lipinski definition) is 4. The first-order valence-corrected chi connectivity index (χ1v) is 7.06. The number of rotatable bonds is 3. The van der Waals surface area contributed by atoms with Crippen molar-refractivity contribution in [3.8, 4) is 0 Å². The van der Waals surface area contributed by atoms with Crippen LogP contribution in [-0.2, 0) is 4.74 Å². The van der Waals surface area contributed by atoms with Gasteiger partial charge in [0.2, 0.25) is 5.95 Å². The number of H-pyrrole nitrogens is 1. The predicted molar refractivity (Wildman–Crippen MR) is 84.9 cm³/mol. The lowest BCUT2D eigenvalue weighted by Crippen LogP contribution is -2.01. The fourth-order valence-electron chi connectivity index (χ4n) is 1.99. The molecule has 2 N–H and O–H groups in total. The number of nitrogens with one attached hydrogen (secondary N) is 2. The van der Waals surface area contributed by atoms with Gasteiger partial charge in [-0.2, -0.15) is 0 Å². The SMILES string of the molecule is COC(=O)c1ccc(Nc2nc3ccc(Br)cc3[nH]2)cc1. The Hall–Kier alpha value is -2.34. The number of aromatic nitrogens is 2. The van der Waals surface area contributed by atoms with Crippen LogP contribution in [0.1, 0.15) is 10.4 Å². The number of carbonyl (C=O) groups excluding carboxylic acids is 1. The topological polar surface area (TPSA) is 67.0 Å². The van der Waals surface area contributed by atoms with Gasteiger partial charge in [-0.25, -0.2) is 9.78 Å². The monoisotopic (exact) mass is 345 g/mol. The fraction of sp³-hybridized carbons (Fsp3) is 0.0667. The molecule has 0 fully saturated rings. The van der Waals surface area contributed by atoms with Gasteiger partial charge in [0.15, 0.2) is 0 Å². The Balaban J connectivity index is 1.83. The van der Waals surface area contributed by atoms with Crippen LogP contribution in [0.4, 0.5) is 11.6 Å². The van der Waals surface area contributed by atoms with Gasteiger partial charge in [-0.15, -0.1) is 0 Å². The number of benzene rings is 2. The molecule has 5 nitrogen and oxygen atoms in total. The van der Waals surface area contributed by atoms with E-state index >= 15 is 0 Å². The largest absolute Gasteiger partial charge is 0.465 e. The maximum absolute atomic E-state index is 11.4. The number of ether oxygens (including phenoxy) is 1. The molecule has 0 bridgehead atoms. The molecule has 0 aliphatic carbocycles. The molecule has 0 spiro atoms. The van der Waals surface area contributed by atoms with Gasteiger partial charge in [-0.1, -0.05) is 15.9 Å². The number of fused-ring (bicyclic) bond motifs is 1. The molecule has 1 aromatic heterocycles. The van der Waals surface area contributed by atoms with Gasteiger partial charge in [0.25, 0.3) is 0 Å². The fourth-order valence-corrected chi connectivity index (χ4v) is 2.35. The molecule has 0 aliphatic heterocycles. The molecule has 106 valence electrons. The van der Waals surface area contributed by atoms with Crippen molar-refractivity contribution >= 4 is 44.6 Å². The van der Waals surface area contributed by atoms with Crippen LogP contribution in [-0.4, -0.2) is 23.0 Å². The lowest BCUT2D eigenvalue weighted by Gasteiger charge is -2.03. The third kappa shape index (κ3) is 2.90. The van der Waals surface area contributed by atoms with E-state index in [0.717, 1.165) is 21.2 Å². The third-order valence-electron chi connectivity index (χ3n) is 3.01. The second-order valence-corrected chi connectivity index (χ2v) is 5.36. The lowest BCUT2D eigenvalue weighted by atomic mass is 10.2. The van der Waals surface area contributed by atoms with Crippen molar-refractivity contribution < 1.29 is 9.53 Å². The van der Waals surface area contributed by atoms with E-state index in [9.17, 15) is 4.79 Å². The van der Waals surface area contributed by atoms with Gasteiger partial charge < -0.3 is 15.0 Å². The van der Waals surface area contributed by atoms with Crippen LogP contribution >= 0.6 is 15.9 Å². The van der Waals surface area contributed by atoms with Gasteiger partial charge in [-0.05, 0) is 42.5 Å². The van der Waals surface area contributed by atoms with E-state index in [4.69, 9.17) is 0 Å². The summed E-state index contributed by atoms with van der Waals surface area (Å²) in [6.07, 6.45) is 0. The second kappa shape index (κ2) is 5.57. The minimum atomic E-state index is -0.352. The highest BCUT2D eigenvalue weighted by atomic mass is 79.9. The van der Waals surface area contributed by atoms with E-state index < -0.39 is 0 Å². The van der Waals surface area contributed by atoms with Gasteiger partial charge in [-0.3, -0.25) is 0 Å². The Morgan fingerprint density at radius 3 is 2.71 bits per heavy atom. The predicted octanol–water partition coefficient (Wildman–Crippen LogP) is 3.86. The van der Waals surface area contributed by atoms with E-state index in [1.165, 1.54) is 7.11 Å². The van der Waals surface area contributed by atoms with Crippen molar-refractivity contribution in [3.63, 3.8) is 0 Å². The normalized spacial score (nSPS) is 10.6. The first-order valence-electron chi connectivity index (χ1n) is 6.26. The Morgan fingerprint density at radius 1 is 1.24 bits per heavy atom. The van der Waals surface area contributed by atoms with Crippen molar-refractivity contribution in [1.29, 1.82) is 0 Å². The summed E-state index contributed by atoms with van der Waals surface area (Å²) in [7, 11) is 1.36. The van der Waals surface area contributed by atoms with Gasteiger partial charge >= 0.3 is 5.97 Å². The van der Waals surface area contributed by atoms with Crippen LogP contribution in [0.25, 0.3) is 11.0 Å². The number of esters is 1. The summed E-state index contributed by atoms with van der Waals surface area (Å²) in [5.41, 5.74) is 3.17. The molecule has 0 saturated carbocycles. The minimum Gasteiger partial charge on any atom is -0.465 e. The summed E-state index contributed by atoms with van der Waals surface area (Å²) in [5.74, 6) is 0.295. The number of imidazole rings is 1. The Labute approximate surface area is 129 Å². The maximum Gasteiger partial charge on any atom is 0.337 e. The Bertz CT molecular complexity index is 796. The number of carbonyl (C=O) groups is 1. The quantitative estimate of drug-likeness (QED) is 0.707. The molecule has 0 amide bonds. The molecular formula is C15H12BrN3O2. The molecule has 6 heteroatoms. The average molecular weight is 346 g/mol. The highest BCUT2D eigenvalue weighted by Gasteiger charge is 2.06. The zero-order valence-corrected chi connectivity index (χ0v) is 12.8. The number of anilines is 2. The summed E-state index contributed by atoms with van der Waals surface area (Å²) in [6, 6.07) is 12.8. The highest BCUT2D eigenvalue weighted by Crippen LogP contribution is 2.21. The van der Waals surface area contributed by atoms with Gasteiger partial charge in [0, 0.05) is 10.2 Å². The Kier molecular flexibility index (Phi) is 3.62. The van der Waals surface area contributed by atoms with Crippen LogP contribution < -0.4 is 5.32 Å². The zero-order chi connectivity index (χ0) is 14.8. The van der Waals surface area contributed by atoms with E-state index in [2.05, 4.69) is 36.0 Å². The van der Waals surface area contributed by atoms with Crippen molar-refractivity contribution in [2.24, 2.45) is 0 Å².